The van der Waals surface area contributed by atoms with Crippen molar-refractivity contribution in [1.29, 1.82) is 0 Å². The highest BCUT2D eigenvalue weighted by Crippen LogP contribution is 2.23. The van der Waals surface area contributed by atoms with Crippen molar-refractivity contribution in [3.05, 3.63) is 16.3 Å². The molecule has 1 aromatic heterocycles. The molecule has 1 rings (SSSR count). The molecule has 19 heavy (non-hydrogen) atoms. The first-order chi connectivity index (χ1) is 8.73. The fourth-order valence-corrected chi connectivity index (χ4v) is 3.48. The summed E-state index contributed by atoms with van der Waals surface area (Å²) in [7, 11) is -3.20. The number of esters is 1. The van der Waals surface area contributed by atoms with Crippen molar-refractivity contribution in [3.8, 4) is 0 Å². The molecule has 0 aliphatic heterocycles. The van der Waals surface area contributed by atoms with Gasteiger partial charge in [-0.3, -0.25) is 0 Å². The van der Waals surface area contributed by atoms with Crippen molar-refractivity contribution in [2.45, 2.75) is 10.8 Å². The molecule has 0 spiro atoms. The van der Waals surface area contributed by atoms with E-state index < -0.39 is 40.0 Å². The third-order valence-electron chi connectivity index (χ3n) is 2.04. The average molecular weight is 315 g/mol. The SMILES string of the molecule is COC(=O)c1sccc1S(=O)(=O)NCC(F)(F)CO. The molecule has 2 N–H and O–H groups in total. The lowest BCUT2D eigenvalue weighted by atomic mass is 10.4. The van der Waals surface area contributed by atoms with Crippen LogP contribution in [-0.4, -0.2) is 45.7 Å². The number of aliphatic hydroxyl groups is 1. The maximum atomic E-state index is 12.8. The fourth-order valence-electron chi connectivity index (χ4n) is 1.08. The van der Waals surface area contributed by atoms with Crippen LogP contribution >= 0.6 is 11.3 Å². The van der Waals surface area contributed by atoms with E-state index in [4.69, 9.17) is 5.11 Å². The van der Waals surface area contributed by atoms with Crippen molar-refractivity contribution >= 4 is 27.3 Å². The van der Waals surface area contributed by atoms with E-state index in [9.17, 15) is 22.0 Å². The normalized spacial score (nSPS) is 12.4. The molecular formula is C9H11F2NO5S2. The standard InChI is InChI=1S/C9H11F2NO5S2/c1-17-8(14)7-6(2-3-18-7)19(15,16)12-4-9(10,11)5-13/h2-3,12-13H,4-5H2,1H3. The first kappa shape index (κ1) is 16.0. The van der Waals surface area contributed by atoms with Crippen LogP contribution in [0.25, 0.3) is 0 Å². The molecule has 0 unspecified atom stereocenters. The van der Waals surface area contributed by atoms with Gasteiger partial charge in [-0.05, 0) is 11.4 Å². The van der Waals surface area contributed by atoms with Crippen molar-refractivity contribution in [2.24, 2.45) is 0 Å². The Hall–Kier alpha value is -1.10. The Bertz CT molecular complexity index is 555. The van der Waals surface area contributed by atoms with Crippen molar-refractivity contribution in [3.63, 3.8) is 0 Å². The van der Waals surface area contributed by atoms with E-state index >= 15 is 0 Å². The minimum atomic E-state index is -4.28. The lowest BCUT2D eigenvalue weighted by molar-refractivity contribution is -0.0437. The minimum absolute atomic E-state index is 0.206. The van der Waals surface area contributed by atoms with Crippen LogP contribution in [0, 0.1) is 0 Å². The third kappa shape index (κ3) is 3.93. The van der Waals surface area contributed by atoms with Gasteiger partial charge in [-0.15, -0.1) is 11.3 Å². The Morgan fingerprint density at radius 3 is 2.74 bits per heavy atom. The zero-order chi connectivity index (χ0) is 14.7. The summed E-state index contributed by atoms with van der Waals surface area (Å²) in [5, 5.41) is 9.67. The second kappa shape index (κ2) is 5.90. The van der Waals surface area contributed by atoms with Gasteiger partial charge in [0.2, 0.25) is 10.0 Å². The molecule has 0 aliphatic rings. The summed E-state index contributed by atoms with van der Waals surface area (Å²) >= 11 is 0.818. The van der Waals surface area contributed by atoms with E-state index in [2.05, 4.69) is 4.74 Å². The van der Waals surface area contributed by atoms with Gasteiger partial charge in [0.1, 0.15) is 16.4 Å². The van der Waals surface area contributed by atoms with Crippen molar-refractivity contribution in [2.75, 3.05) is 20.3 Å². The molecule has 0 saturated heterocycles. The summed E-state index contributed by atoms with van der Waals surface area (Å²) in [5.74, 6) is -4.45. The van der Waals surface area contributed by atoms with Crippen LogP contribution in [0.5, 0.6) is 0 Å². The zero-order valence-electron chi connectivity index (χ0n) is 9.72. The fraction of sp³-hybridized carbons (Fsp3) is 0.444. The van der Waals surface area contributed by atoms with Gasteiger partial charge in [0, 0.05) is 0 Å². The molecule has 0 amide bonds. The number of hydrogen-bond donors (Lipinski definition) is 2. The molecule has 0 aromatic carbocycles. The first-order valence-corrected chi connectivity index (χ1v) is 7.24. The lowest BCUT2D eigenvalue weighted by Crippen LogP contribution is -2.39. The average Bonchev–Trinajstić information content (AvgIpc) is 2.86. The van der Waals surface area contributed by atoms with E-state index in [-0.39, 0.29) is 4.88 Å². The summed E-state index contributed by atoms with van der Waals surface area (Å²) < 4.78 is 55.1. The third-order valence-corrected chi connectivity index (χ3v) is 4.51. The number of alkyl halides is 2. The van der Waals surface area contributed by atoms with Gasteiger partial charge in [-0.25, -0.2) is 26.7 Å². The Morgan fingerprint density at radius 2 is 2.21 bits per heavy atom. The first-order valence-electron chi connectivity index (χ1n) is 4.87. The second-order valence-corrected chi connectivity index (χ2v) is 6.10. The molecule has 0 fully saturated rings. The molecule has 10 heteroatoms. The molecule has 108 valence electrons. The van der Waals surface area contributed by atoms with E-state index in [0.29, 0.717) is 0 Å². The van der Waals surface area contributed by atoms with Crippen LogP contribution in [0.4, 0.5) is 8.78 Å². The van der Waals surface area contributed by atoms with Gasteiger partial charge in [0.05, 0.1) is 13.7 Å². The number of thiophene rings is 1. The summed E-state index contributed by atoms with van der Waals surface area (Å²) in [6, 6.07) is 1.11. The van der Waals surface area contributed by atoms with Gasteiger partial charge in [0.15, 0.2) is 0 Å². The monoisotopic (exact) mass is 315 g/mol. The minimum Gasteiger partial charge on any atom is -0.465 e. The van der Waals surface area contributed by atoms with Crippen LogP contribution < -0.4 is 4.72 Å². The summed E-state index contributed by atoms with van der Waals surface area (Å²) in [6.07, 6.45) is 0. The number of halogens is 2. The predicted octanol–water partition coefficient (Wildman–Crippen LogP) is 0.441. The lowest BCUT2D eigenvalue weighted by Gasteiger charge is -2.14. The molecule has 0 bridgehead atoms. The number of sulfonamides is 1. The summed E-state index contributed by atoms with van der Waals surface area (Å²) in [6.45, 7) is -2.74. The number of hydrogen-bond acceptors (Lipinski definition) is 6. The van der Waals surface area contributed by atoms with E-state index in [1.54, 1.807) is 4.72 Å². The molecule has 0 saturated carbocycles. The van der Waals surface area contributed by atoms with Gasteiger partial charge >= 0.3 is 5.97 Å². The number of methoxy groups -OCH3 is 1. The number of carbonyl (C=O) groups excluding carboxylic acids is 1. The van der Waals surface area contributed by atoms with Gasteiger partial charge in [0.25, 0.3) is 5.92 Å². The topological polar surface area (TPSA) is 92.7 Å². The Balaban J connectivity index is 2.96. The van der Waals surface area contributed by atoms with Crippen LogP contribution in [0.1, 0.15) is 9.67 Å². The maximum absolute atomic E-state index is 12.8. The quantitative estimate of drug-likeness (QED) is 0.743. The van der Waals surface area contributed by atoms with Gasteiger partial charge < -0.3 is 9.84 Å². The maximum Gasteiger partial charge on any atom is 0.349 e. The molecule has 0 atom stereocenters. The van der Waals surface area contributed by atoms with E-state index in [1.165, 1.54) is 5.38 Å². The molecule has 0 radical (unpaired) electrons. The highest BCUT2D eigenvalue weighted by Gasteiger charge is 2.32. The Labute approximate surface area is 112 Å². The van der Waals surface area contributed by atoms with Crippen LogP contribution in [0.3, 0.4) is 0 Å². The predicted molar refractivity (Wildman–Crippen MR) is 62.9 cm³/mol. The van der Waals surface area contributed by atoms with Gasteiger partial charge in [-0.1, -0.05) is 0 Å². The molecule has 6 nitrogen and oxygen atoms in total. The van der Waals surface area contributed by atoms with Gasteiger partial charge in [-0.2, -0.15) is 0 Å². The molecular weight excluding hydrogens is 304 g/mol. The largest absolute Gasteiger partial charge is 0.465 e. The van der Waals surface area contributed by atoms with Crippen molar-refractivity contribution in [1.82, 2.24) is 4.72 Å². The number of nitrogens with one attached hydrogen (secondary N) is 1. The Kier molecular flexibility index (Phi) is 4.96. The van der Waals surface area contributed by atoms with E-state index in [1.807, 2.05) is 0 Å². The Morgan fingerprint density at radius 1 is 1.58 bits per heavy atom. The second-order valence-electron chi connectivity index (χ2n) is 3.44. The summed E-state index contributed by atoms with van der Waals surface area (Å²) in [4.78, 5) is 10.7. The van der Waals surface area contributed by atoms with Crippen LogP contribution in [0.15, 0.2) is 16.3 Å². The van der Waals surface area contributed by atoms with Crippen molar-refractivity contribution < 1.29 is 31.8 Å². The van der Waals surface area contributed by atoms with Crippen LogP contribution in [0.2, 0.25) is 0 Å². The zero-order valence-corrected chi connectivity index (χ0v) is 11.4. The smallest absolute Gasteiger partial charge is 0.349 e. The molecule has 1 heterocycles. The summed E-state index contributed by atoms with van der Waals surface area (Å²) in [5.41, 5.74) is 0. The highest BCUT2D eigenvalue weighted by atomic mass is 32.2. The number of aliphatic hydroxyl groups excluding tert-OH is 1. The number of carbonyl (C=O) groups is 1. The van der Waals surface area contributed by atoms with Crippen LogP contribution in [-0.2, 0) is 14.8 Å². The molecule has 1 aromatic rings. The molecule has 0 aliphatic carbocycles. The van der Waals surface area contributed by atoms with E-state index in [0.717, 1.165) is 24.5 Å². The highest BCUT2D eigenvalue weighted by molar-refractivity contribution is 7.89. The number of ether oxygens (including phenoxy) is 1. The number of rotatable bonds is 6.